The van der Waals surface area contributed by atoms with Crippen LogP contribution in [-0.4, -0.2) is 9.52 Å². The molecule has 4 aromatic rings. The molecule has 0 spiro atoms. The fourth-order valence-electron chi connectivity index (χ4n) is 2.14. The summed E-state index contributed by atoms with van der Waals surface area (Å²) in [5, 5.41) is 5.32. The van der Waals surface area contributed by atoms with Crippen molar-refractivity contribution >= 4 is 31.1 Å². The summed E-state index contributed by atoms with van der Waals surface area (Å²) in [6.07, 6.45) is 0. The van der Waals surface area contributed by atoms with E-state index in [0.29, 0.717) is 0 Å². The molecule has 0 nitrogen and oxygen atoms in total. The minimum Gasteiger partial charge on any atom is -1.00 e. The molecule has 23 heavy (non-hydrogen) atoms. The molecule has 0 bridgehead atoms. The van der Waals surface area contributed by atoms with Gasteiger partial charge in [0.2, 0.25) is 0 Å². The monoisotopic (exact) mass is 414 g/mol. The smallest absolute Gasteiger partial charge is 1.00 e. The number of hydrogen-bond acceptors (Lipinski definition) is 0. The van der Waals surface area contributed by atoms with Gasteiger partial charge in [-0.25, -0.2) is 0 Å². The second-order valence-electron chi connectivity index (χ2n) is 4.81. The van der Waals surface area contributed by atoms with E-state index in [-0.39, 0.29) is 40.0 Å². The van der Waals surface area contributed by atoms with Gasteiger partial charge in [-0.1, -0.05) is 25.2 Å². The van der Waals surface area contributed by atoms with Gasteiger partial charge in [-0.05, 0) is 0 Å². The zero-order valence-corrected chi connectivity index (χ0v) is 17.7. The van der Waals surface area contributed by atoms with Crippen LogP contribution < -0.4 is 12.4 Å². The van der Waals surface area contributed by atoms with Crippen LogP contribution in [-0.2, 0) is 26.2 Å². The van der Waals surface area contributed by atoms with Crippen LogP contribution in [0, 0.1) is 0 Å². The predicted octanol–water partition coefficient (Wildman–Crippen LogP) is 3.02. The Morgan fingerprint density at radius 2 is 1.04 bits per heavy atom. The third-order valence-electron chi connectivity index (χ3n) is 3.10. The van der Waals surface area contributed by atoms with Crippen molar-refractivity contribution in [2.45, 2.75) is 13.1 Å². The normalized spacial score (nSPS) is 8.78. The van der Waals surface area contributed by atoms with Crippen LogP contribution in [0.2, 0.25) is 13.1 Å². The number of halogens is 1. The van der Waals surface area contributed by atoms with Crippen molar-refractivity contribution in [2.75, 3.05) is 0 Å². The van der Waals surface area contributed by atoms with E-state index in [4.69, 9.17) is 0 Å². The molecule has 0 amide bonds. The van der Waals surface area contributed by atoms with Gasteiger partial charge >= 0.3 is 26.2 Å². The molecule has 0 aliphatic rings. The minimum atomic E-state index is 0. The van der Waals surface area contributed by atoms with Gasteiger partial charge in [-0.15, -0.1) is 59.3 Å². The largest absolute Gasteiger partial charge is 4.00 e. The van der Waals surface area contributed by atoms with E-state index in [1.54, 1.807) is 0 Å². The summed E-state index contributed by atoms with van der Waals surface area (Å²) >= 11 is 0. The Labute approximate surface area is 168 Å². The Hall–Kier alpha value is -0.950. The molecule has 2 radical (unpaired) electrons. The Bertz CT molecular complexity index is 653. The Balaban J connectivity index is 0. The van der Waals surface area contributed by atoms with E-state index in [1.807, 2.05) is 0 Å². The summed E-state index contributed by atoms with van der Waals surface area (Å²) in [7, 11) is 1.08. The molecule has 0 aliphatic carbocycles. The van der Waals surface area contributed by atoms with Crippen molar-refractivity contribution in [2.24, 2.45) is 0 Å². The zero-order valence-electron chi connectivity index (χ0n) is 14.5. The van der Waals surface area contributed by atoms with E-state index < -0.39 is 0 Å². The van der Waals surface area contributed by atoms with Gasteiger partial charge in [0.15, 0.2) is 0 Å². The molecule has 0 saturated carbocycles. The molecule has 0 N–H and O–H groups in total. The van der Waals surface area contributed by atoms with Crippen molar-refractivity contribution < 1.29 is 40.0 Å². The third-order valence-corrected chi connectivity index (χ3v) is 3.10. The molecule has 0 atom stereocenters. The third kappa shape index (κ3) is 6.99. The molecule has 3 heteroatoms. The summed E-state index contributed by atoms with van der Waals surface area (Å²) in [6, 6.07) is 29.3. The first-order valence-electron chi connectivity index (χ1n) is 7.14. The molecule has 4 rings (SSSR count). The molecule has 0 unspecified atom stereocenters. The minimum absolute atomic E-state index is 0. The maximum absolute atomic E-state index is 2.15. The number of rotatable bonds is 0. The topological polar surface area (TPSA) is 0 Å². The van der Waals surface area contributed by atoms with Crippen LogP contribution in [0.3, 0.4) is 0 Å². The molecule has 0 heterocycles. The second-order valence-corrected chi connectivity index (χ2v) is 5.81. The first kappa shape index (κ1) is 22.1. The average molecular weight is 416 g/mol. The molecule has 0 fully saturated rings. The average Bonchev–Trinajstić information content (AvgIpc) is 3.17. The van der Waals surface area contributed by atoms with Crippen molar-refractivity contribution in [3.8, 4) is 0 Å². The first-order chi connectivity index (χ1) is 10.3. The van der Waals surface area contributed by atoms with E-state index in [0.717, 1.165) is 9.52 Å². The fraction of sp³-hybridized carbons (Fsp3) is 0.100. The second kappa shape index (κ2) is 12.5. The van der Waals surface area contributed by atoms with Gasteiger partial charge in [-0.3, -0.25) is 0 Å². The van der Waals surface area contributed by atoms with Crippen molar-refractivity contribution in [1.29, 1.82) is 0 Å². The number of hydrogen-bond donors (Lipinski definition) is 0. The summed E-state index contributed by atoms with van der Waals surface area (Å²) in [4.78, 5) is 0. The van der Waals surface area contributed by atoms with Crippen LogP contribution in [0.1, 0.15) is 1.43 Å². The van der Waals surface area contributed by atoms with Gasteiger partial charge in [0.25, 0.3) is 0 Å². The quantitative estimate of drug-likeness (QED) is 0.306. The number of fused-ring (bicyclic) bond motifs is 2. The van der Waals surface area contributed by atoms with E-state index in [2.05, 4.69) is 98.0 Å². The van der Waals surface area contributed by atoms with E-state index in [9.17, 15) is 0 Å². The standard InChI is InChI=1S/2C9H7.C2H6Si.ClH.Zr.H/c2*1-2-5-9-7-3-6-8(9)4-1;1-3-2;;;/h2*1-7H;1-2H3;1H;;/q2*-1;;;+4;-1/p-1. The molecule has 0 aliphatic heterocycles. The zero-order chi connectivity index (χ0) is 14.9. The van der Waals surface area contributed by atoms with Crippen molar-refractivity contribution in [3.63, 3.8) is 0 Å². The van der Waals surface area contributed by atoms with E-state index >= 15 is 0 Å². The van der Waals surface area contributed by atoms with Gasteiger partial charge in [0, 0.05) is 9.52 Å². The van der Waals surface area contributed by atoms with Crippen LogP contribution >= 0.6 is 0 Å². The summed E-state index contributed by atoms with van der Waals surface area (Å²) in [5.74, 6) is 0. The van der Waals surface area contributed by atoms with Gasteiger partial charge in [-0.2, -0.15) is 35.0 Å². The van der Waals surface area contributed by atoms with Crippen molar-refractivity contribution in [3.05, 3.63) is 84.9 Å². The number of benzene rings is 2. The maximum Gasteiger partial charge on any atom is 4.00 e. The van der Waals surface area contributed by atoms with Crippen molar-refractivity contribution in [1.82, 2.24) is 0 Å². The van der Waals surface area contributed by atoms with Gasteiger partial charge < -0.3 is 13.8 Å². The van der Waals surface area contributed by atoms with Crippen LogP contribution in [0.15, 0.2) is 84.9 Å². The molecule has 0 saturated heterocycles. The summed E-state index contributed by atoms with van der Waals surface area (Å²) in [6.45, 7) is 4.31. The van der Waals surface area contributed by atoms with Crippen LogP contribution in [0.4, 0.5) is 0 Å². The fourth-order valence-corrected chi connectivity index (χ4v) is 2.14. The SMILES string of the molecule is C[Si]C.[Cl-].[H-].[Zr+4].c1ccc2[cH-]ccc2c1.c1ccc2[cH-]ccc2c1. The molecule has 4 aromatic carbocycles. The Morgan fingerprint density at radius 1 is 0.696 bits per heavy atom. The van der Waals surface area contributed by atoms with Crippen LogP contribution in [0.25, 0.3) is 21.5 Å². The van der Waals surface area contributed by atoms with Crippen LogP contribution in [0.5, 0.6) is 0 Å². The Kier molecular flexibility index (Phi) is 12.0. The summed E-state index contributed by atoms with van der Waals surface area (Å²) < 4.78 is 0. The maximum atomic E-state index is 2.15. The summed E-state index contributed by atoms with van der Waals surface area (Å²) in [5.41, 5.74) is 0. The Morgan fingerprint density at radius 3 is 1.39 bits per heavy atom. The molecule has 116 valence electrons. The molecular weight excluding hydrogens is 395 g/mol. The molecular formula is C20H21ClSiZr. The molecule has 0 aromatic heterocycles. The first-order valence-corrected chi connectivity index (χ1v) is 9.14. The van der Waals surface area contributed by atoms with Gasteiger partial charge in [0.1, 0.15) is 0 Å². The van der Waals surface area contributed by atoms with Gasteiger partial charge in [0.05, 0.1) is 0 Å². The van der Waals surface area contributed by atoms with E-state index in [1.165, 1.54) is 21.5 Å². The predicted molar refractivity (Wildman–Crippen MR) is 97.7 cm³/mol.